The molecule has 2 heterocycles. The van der Waals surface area contributed by atoms with Gasteiger partial charge in [-0.2, -0.15) is 0 Å². The molecule has 2 aromatic carbocycles. The quantitative estimate of drug-likeness (QED) is 0.498. The van der Waals surface area contributed by atoms with E-state index in [1.807, 2.05) is 47.8 Å². The lowest BCUT2D eigenvalue weighted by Crippen LogP contribution is -2.41. The number of thiophene rings is 1. The van der Waals surface area contributed by atoms with Crippen molar-refractivity contribution in [2.24, 2.45) is 0 Å². The van der Waals surface area contributed by atoms with Crippen molar-refractivity contribution in [3.8, 4) is 0 Å². The number of benzene rings is 2. The van der Waals surface area contributed by atoms with Crippen molar-refractivity contribution in [3.63, 3.8) is 0 Å². The molecule has 0 bridgehead atoms. The van der Waals surface area contributed by atoms with Gasteiger partial charge in [-0.1, -0.05) is 48.0 Å². The Hall–Kier alpha value is -3.22. The van der Waals surface area contributed by atoms with Crippen LogP contribution in [0.3, 0.4) is 0 Å². The van der Waals surface area contributed by atoms with Gasteiger partial charge in [0.05, 0.1) is 16.3 Å². The zero-order valence-corrected chi connectivity index (χ0v) is 19.1. The molecule has 0 fully saturated rings. The van der Waals surface area contributed by atoms with Gasteiger partial charge in [0.15, 0.2) is 5.78 Å². The van der Waals surface area contributed by atoms with Crippen LogP contribution in [0.25, 0.3) is 0 Å². The fourth-order valence-corrected chi connectivity index (χ4v) is 5.86. The number of rotatable bonds is 4. The van der Waals surface area contributed by atoms with Gasteiger partial charge in [0, 0.05) is 34.9 Å². The summed E-state index contributed by atoms with van der Waals surface area (Å²) >= 11 is 8.00. The number of carboxylic acids is 1. The molecule has 2 aliphatic rings. The van der Waals surface area contributed by atoms with Gasteiger partial charge in [-0.25, -0.2) is 4.79 Å². The lowest BCUT2D eigenvalue weighted by Gasteiger charge is -2.40. The van der Waals surface area contributed by atoms with Gasteiger partial charge in [0.1, 0.15) is 0 Å². The van der Waals surface area contributed by atoms with Crippen molar-refractivity contribution in [2.45, 2.75) is 31.1 Å². The minimum absolute atomic E-state index is 0.0199. The molecule has 2 unspecified atom stereocenters. The maximum absolute atomic E-state index is 13.5. The molecule has 5 rings (SSSR count). The summed E-state index contributed by atoms with van der Waals surface area (Å²) in [5.41, 5.74) is 2.64. The van der Waals surface area contributed by atoms with Gasteiger partial charge >= 0.3 is 5.97 Å². The second-order valence-corrected chi connectivity index (χ2v) is 9.66. The van der Waals surface area contributed by atoms with E-state index < -0.39 is 5.97 Å². The molecule has 0 saturated heterocycles. The van der Waals surface area contributed by atoms with Gasteiger partial charge in [-0.15, -0.1) is 11.3 Å². The molecular formula is C26H20ClNO4S. The number of halogens is 1. The fraction of sp³-hybridized carbons (Fsp3) is 0.192. The zero-order chi connectivity index (χ0) is 23.1. The molecule has 1 aromatic heterocycles. The summed E-state index contributed by atoms with van der Waals surface area (Å²) in [6, 6.07) is 18.0. The van der Waals surface area contributed by atoms with Crippen molar-refractivity contribution in [1.82, 2.24) is 0 Å². The SMILES string of the molecule is O=C1CC(c2ccccc2)CC2=C1C(c1cccs1)CC(=O)N2c1cc(C(=O)O)ccc1Cl. The fourth-order valence-electron chi connectivity index (χ4n) is 4.83. The van der Waals surface area contributed by atoms with Crippen LogP contribution in [0.1, 0.15) is 51.9 Å². The summed E-state index contributed by atoms with van der Waals surface area (Å²) in [5.74, 6) is -1.65. The molecule has 2 atom stereocenters. The second-order valence-electron chi connectivity index (χ2n) is 8.27. The maximum Gasteiger partial charge on any atom is 0.335 e. The normalized spacial score (nSPS) is 20.7. The predicted molar refractivity (Wildman–Crippen MR) is 128 cm³/mol. The third kappa shape index (κ3) is 3.90. The zero-order valence-electron chi connectivity index (χ0n) is 17.5. The van der Waals surface area contributed by atoms with Crippen LogP contribution in [-0.4, -0.2) is 22.8 Å². The number of ketones is 1. The van der Waals surface area contributed by atoms with Crippen LogP contribution in [0, 0.1) is 0 Å². The Morgan fingerprint density at radius 2 is 1.79 bits per heavy atom. The minimum Gasteiger partial charge on any atom is -0.478 e. The predicted octanol–water partition coefficient (Wildman–Crippen LogP) is 6.02. The maximum atomic E-state index is 13.5. The summed E-state index contributed by atoms with van der Waals surface area (Å²) in [7, 11) is 0. The third-order valence-electron chi connectivity index (χ3n) is 6.32. The number of aromatic carboxylic acids is 1. The van der Waals surface area contributed by atoms with Gasteiger partial charge < -0.3 is 5.11 Å². The number of hydrogen-bond acceptors (Lipinski definition) is 4. The first-order valence-electron chi connectivity index (χ1n) is 10.6. The number of hydrogen-bond donors (Lipinski definition) is 1. The second kappa shape index (κ2) is 8.61. The van der Waals surface area contributed by atoms with Crippen molar-refractivity contribution >= 4 is 46.3 Å². The molecule has 1 N–H and O–H groups in total. The summed E-state index contributed by atoms with van der Waals surface area (Å²) in [4.78, 5) is 41.1. The number of allylic oxidation sites excluding steroid dienone is 2. The number of carbonyl (C=O) groups excluding carboxylic acids is 2. The van der Waals surface area contributed by atoms with E-state index in [0.29, 0.717) is 29.8 Å². The number of Topliss-reactive ketones (excluding diaryl/α,β-unsaturated/α-hetero) is 1. The van der Waals surface area contributed by atoms with Crippen molar-refractivity contribution in [2.75, 3.05) is 4.90 Å². The Labute approximate surface area is 199 Å². The Bertz CT molecular complexity index is 1280. The first-order valence-corrected chi connectivity index (χ1v) is 11.9. The topological polar surface area (TPSA) is 74.7 Å². The average Bonchev–Trinajstić information content (AvgIpc) is 3.34. The van der Waals surface area contributed by atoms with E-state index in [4.69, 9.17) is 11.6 Å². The van der Waals surface area contributed by atoms with E-state index in [2.05, 4.69) is 0 Å². The van der Waals surface area contributed by atoms with E-state index in [1.54, 1.807) is 0 Å². The minimum atomic E-state index is -1.11. The molecular weight excluding hydrogens is 458 g/mol. The van der Waals surface area contributed by atoms with E-state index in [-0.39, 0.29) is 40.5 Å². The van der Waals surface area contributed by atoms with Crippen molar-refractivity contribution in [1.29, 1.82) is 0 Å². The van der Waals surface area contributed by atoms with Crippen LogP contribution >= 0.6 is 22.9 Å². The van der Waals surface area contributed by atoms with Gasteiger partial charge in [0.25, 0.3) is 0 Å². The Kier molecular flexibility index (Phi) is 5.64. The number of amides is 1. The van der Waals surface area contributed by atoms with Crippen LogP contribution in [0.4, 0.5) is 5.69 Å². The largest absolute Gasteiger partial charge is 0.478 e. The van der Waals surface area contributed by atoms with Gasteiger partial charge in [-0.3, -0.25) is 14.5 Å². The highest BCUT2D eigenvalue weighted by molar-refractivity contribution is 7.10. The first-order chi connectivity index (χ1) is 15.9. The highest BCUT2D eigenvalue weighted by Gasteiger charge is 2.43. The monoisotopic (exact) mass is 477 g/mol. The Morgan fingerprint density at radius 1 is 1.00 bits per heavy atom. The molecule has 166 valence electrons. The summed E-state index contributed by atoms with van der Waals surface area (Å²) in [5, 5.41) is 11.7. The van der Waals surface area contributed by atoms with E-state index >= 15 is 0 Å². The van der Waals surface area contributed by atoms with Crippen LogP contribution < -0.4 is 4.90 Å². The molecule has 33 heavy (non-hydrogen) atoms. The van der Waals surface area contributed by atoms with Gasteiger partial charge in [-0.05, 0) is 47.5 Å². The Morgan fingerprint density at radius 3 is 2.48 bits per heavy atom. The Balaban J connectivity index is 1.68. The molecule has 0 saturated carbocycles. The van der Waals surface area contributed by atoms with Crippen LogP contribution in [0.5, 0.6) is 0 Å². The lowest BCUT2D eigenvalue weighted by atomic mass is 9.74. The molecule has 1 amide bonds. The molecule has 5 nitrogen and oxygen atoms in total. The lowest BCUT2D eigenvalue weighted by molar-refractivity contribution is -0.120. The summed E-state index contributed by atoms with van der Waals surface area (Å²) in [6.45, 7) is 0. The highest BCUT2D eigenvalue weighted by atomic mass is 35.5. The van der Waals surface area contributed by atoms with E-state index in [0.717, 1.165) is 10.4 Å². The summed E-state index contributed by atoms with van der Waals surface area (Å²) < 4.78 is 0. The summed E-state index contributed by atoms with van der Waals surface area (Å²) in [6.07, 6.45) is 0.997. The van der Waals surface area contributed by atoms with Crippen molar-refractivity contribution < 1.29 is 19.5 Å². The van der Waals surface area contributed by atoms with Crippen LogP contribution in [0.2, 0.25) is 5.02 Å². The molecule has 7 heteroatoms. The number of carboxylic acid groups (broad SMARTS) is 1. The van der Waals surface area contributed by atoms with E-state index in [1.165, 1.54) is 34.4 Å². The van der Waals surface area contributed by atoms with E-state index in [9.17, 15) is 19.5 Å². The highest BCUT2D eigenvalue weighted by Crippen LogP contribution is 2.48. The third-order valence-corrected chi connectivity index (χ3v) is 7.63. The standard InChI is InChI=1S/C26H20ClNO4S/c27-19-9-8-16(26(31)32)11-20(19)28-21-12-17(15-5-2-1-3-6-15)13-22(29)25(21)18(14-24(28)30)23-7-4-10-33-23/h1-11,17-18H,12-14H2,(H,31,32). The van der Waals surface area contributed by atoms with Crippen molar-refractivity contribution in [3.05, 3.63) is 98.3 Å². The molecule has 3 aromatic rings. The first kappa shape index (κ1) is 21.6. The number of anilines is 1. The average molecular weight is 478 g/mol. The van der Waals surface area contributed by atoms with Crippen LogP contribution in [0.15, 0.2) is 77.3 Å². The smallest absolute Gasteiger partial charge is 0.335 e. The van der Waals surface area contributed by atoms with Crippen LogP contribution in [-0.2, 0) is 9.59 Å². The molecule has 1 aliphatic carbocycles. The molecule has 0 spiro atoms. The number of nitrogens with zero attached hydrogens (tertiary/aromatic N) is 1. The number of carbonyl (C=O) groups is 3. The molecule has 0 radical (unpaired) electrons. The molecule has 1 aliphatic heterocycles. The van der Waals surface area contributed by atoms with Gasteiger partial charge in [0.2, 0.25) is 5.91 Å².